The minimum absolute atomic E-state index is 0.00553. The number of aliphatic hydroxyl groups is 1. The van der Waals surface area contributed by atoms with Gasteiger partial charge in [0.25, 0.3) is 5.91 Å². The molecule has 2 saturated heterocycles. The number of nitrogens with two attached hydrogens (primary N) is 2. The van der Waals surface area contributed by atoms with Gasteiger partial charge < -0.3 is 21.5 Å². The van der Waals surface area contributed by atoms with Crippen molar-refractivity contribution in [3.8, 4) is 0 Å². The molecule has 11 heteroatoms. The van der Waals surface area contributed by atoms with Crippen molar-refractivity contribution in [1.82, 2.24) is 19.8 Å². The van der Waals surface area contributed by atoms with E-state index >= 15 is 0 Å². The van der Waals surface area contributed by atoms with E-state index in [0.717, 1.165) is 64.1 Å². The molecule has 1 aromatic carbocycles. The lowest BCUT2D eigenvalue weighted by atomic mass is 9.82. The van der Waals surface area contributed by atoms with Gasteiger partial charge in [-0.05, 0) is 55.6 Å². The lowest BCUT2D eigenvalue weighted by Gasteiger charge is -2.47. The predicted molar refractivity (Wildman–Crippen MR) is 153 cm³/mol. The Hall–Kier alpha value is -2.17. The molecular formula is C27H39Cl2N7O2. The van der Waals surface area contributed by atoms with Gasteiger partial charge in [0.15, 0.2) is 22.5 Å². The van der Waals surface area contributed by atoms with Gasteiger partial charge in [-0.2, -0.15) is 0 Å². The molecule has 1 aromatic heterocycles. The number of rotatable bonds is 8. The van der Waals surface area contributed by atoms with Crippen LogP contribution in [0.5, 0.6) is 0 Å². The molecule has 0 aliphatic carbocycles. The van der Waals surface area contributed by atoms with Crippen LogP contribution in [0.15, 0.2) is 18.2 Å². The van der Waals surface area contributed by atoms with E-state index in [1.165, 1.54) is 5.56 Å². The van der Waals surface area contributed by atoms with Crippen LogP contribution < -0.4 is 16.4 Å². The average Bonchev–Trinajstić information content (AvgIpc) is 2.90. The van der Waals surface area contributed by atoms with Crippen LogP contribution in [0.3, 0.4) is 0 Å². The Morgan fingerprint density at radius 3 is 2.50 bits per heavy atom. The van der Waals surface area contributed by atoms with Crippen molar-refractivity contribution in [2.75, 3.05) is 50.0 Å². The molecule has 9 nitrogen and oxygen atoms in total. The molecule has 0 radical (unpaired) electrons. The number of piperidine rings is 1. The number of piperazine rings is 1. The summed E-state index contributed by atoms with van der Waals surface area (Å²) in [4.78, 5) is 27.3. The highest BCUT2D eigenvalue weighted by Crippen LogP contribution is 2.32. The first-order chi connectivity index (χ1) is 18.0. The molecule has 0 bridgehead atoms. The van der Waals surface area contributed by atoms with Crippen molar-refractivity contribution < 1.29 is 9.90 Å². The number of aliphatic hydroxyl groups excluding tert-OH is 1. The van der Waals surface area contributed by atoms with Crippen molar-refractivity contribution in [2.24, 2.45) is 5.73 Å². The van der Waals surface area contributed by atoms with Gasteiger partial charge in [-0.15, -0.1) is 0 Å². The summed E-state index contributed by atoms with van der Waals surface area (Å²) in [6.45, 7) is 11.7. The predicted octanol–water partition coefficient (Wildman–Crippen LogP) is 3.30. The quantitative estimate of drug-likeness (QED) is 0.446. The fraction of sp³-hybridized carbons (Fsp3) is 0.593. The number of aromatic nitrogens is 2. The van der Waals surface area contributed by atoms with Gasteiger partial charge in [0.2, 0.25) is 0 Å². The number of carbonyl (C=O) groups excluding carboxylic acids is 1. The van der Waals surface area contributed by atoms with Gasteiger partial charge in [0, 0.05) is 48.7 Å². The molecule has 5 N–H and O–H groups in total. The largest absolute Gasteiger partial charge is 0.395 e. The summed E-state index contributed by atoms with van der Waals surface area (Å²) in [6.07, 6.45) is 3.20. The van der Waals surface area contributed by atoms with Crippen LogP contribution in [-0.2, 0) is 12.0 Å². The standard InChI is InChI=1S/C27H39Cl2N7O2/c1-4-19-15-35(26-23(29)32-22(25(31)38)24(30)33-26)11-12-36(19)20-7-9-34(10-8-20)14-17-5-6-18(28)13-21(17)27(2,3)16-37/h5-6,13,19-20,37H,4,7-12,14-16H2,1-3H3,(H2,30,33)(H2,31,38)/t19-/m0/s1. The Labute approximate surface area is 235 Å². The Morgan fingerprint density at radius 1 is 1.16 bits per heavy atom. The second kappa shape index (κ2) is 11.9. The zero-order valence-corrected chi connectivity index (χ0v) is 24.0. The second-order valence-corrected chi connectivity index (χ2v) is 11.8. The minimum atomic E-state index is -0.740. The van der Waals surface area contributed by atoms with Crippen LogP contribution in [0.1, 0.15) is 61.6 Å². The highest BCUT2D eigenvalue weighted by molar-refractivity contribution is 6.32. The number of nitrogen functional groups attached to an aromatic ring is 1. The van der Waals surface area contributed by atoms with Crippen LogP contribution in [0.25, 0.3) is 0 Å². The first kappa shape index (κ1) is 28.8. The number of hydrogen-bond acceptors (Lipinski definition) is 8. The summed E-state index contributed by atoms with van der Waals surface area (Å²) >= 11 is 12.7. The van der Waals surface area contributed by atoms with E-state index in [0.29, 0.717) is 22.9 Å². The van der Waals surface area contributed by atoms with E-state index in [-0.39, 0.29) is 28.7 Å². The SMILES string of the molecule is CC[C@H]1CN(c2nc(N)c(C(N)=O)nc2Cl)CCN1C1CCN(Cc2ccc(Cl)cc2C(C)(C)CO)CC1. The second-order valence-electron chi connectivity index (χ2n) is 11.0. The van der Waals surface area contributed by atoms with E-state index in [9.17, 15) is 9.90 Å². The van der Waals surface area contributed by atoms with E-state index in [1.54, 1.807) is 0 Å². The third-order valence-electron chi connectivity index (χ3n) is 8.01. The molecule has 4 rings (SSSR count). The molecule has 0 unspecified atom stereocenters. The van der Waals surface area contributed by atoms with E-state index in [1.807, 2.05) is 12.1 Å². The molecular weight excluding hydrogens is 525 g/mol. The van der Waals surface area contributed by atoms with Crippen LogP contribution in [-0.4, -0.2) is 82.2 Å². The minimum Gasteiger partial charge on any atom is -0.395 e. The number of amides is 1. The van der Waals surface area contributed by atoms with Crippen LogP contribution in [0.4, 0.5) is 11.6 Å². The van der Waals surface area contributed by atoms with E-state index in [4.69, 9.17) is 34.7 Å². The number of likely N-dealkylation sites (tertiary alicyclic amines) is 1. The maximum absolute atomic E-state index is 11.5. The van der Waals surface area contributed by atoms with Crippen molar-refractivity contribution in [2.45, 2.75) is 64.1 Å². The Morgan fingerprint density at radius 2 is 1.87 bits per heavy atom. The normalized spacial score (nSPS) is 20.2. The van der Waals surface area contributed by atoms with Crippen molar-refractivity contribution >= 4 is 40.7 Å². The number of halogens is 2. The van der Waals surface area contributed by atoms with Crippen LogP contribution in [0, 0.1) is 0 Å². The lowest BCUT2D eigenvalue weighted by Crippen LogP contribution is -2.58. The van der Waals surface area contributed by atoms with Crippen LogP contribution in [0.2, 0.25) is 10.2 Å². The zero-order chi connectivity index (χ0) is 27.6. The van der Waals surface area contributed by atoms with Crippen molar-refractivity contribution in [3.63, 3.8) is 0 Å². The highest BCUT2D eigenvalue weighted by Gasteiger charge is 2.35. The third-order valence-corrected chi connectivity index (χ3v) is 8.50. The summed E-state index contributed by atoms with van der Waals surface area (Å²) < 4.78 is 0. The smallest absolute Gasteiger partial charge is 0.271 e. The maximum Gasteiger partial charge on any atom is 0.271 e. The third kappa shape index (κ3) is 6.18. The summed E-state index contributed by atoms with van der Waals surface area (Å²) in [5.41, 5.74) is 13.2. The highest BCUT2D eigenvalue weighted by atomic mass is 35.5. The summed E-state index contributed by atoms with van der Waals surface area (Å²) in [5.74, 6) is -0.229. The number of hydrogen-bond donors (Lipinski definition) is 3. The molecule has 38 heavy (non-hydrogen) atoms. The average molecular weight is 565 g/mol. The molecule has 3 heterocycles. The van der Waals surface area contributed by atoms with E-state index in [2.05, 4.69) is 51.5 Å². The molecule has 2 aliphatic heterocycles. The van der Waals surface area contributed by atoms with Crippen LogP contribution >= 0.6 is 23.2 Å². The number of primary amides is 1. The van der Waals surface area contributed by atoms with Gasteiger partial charge in [0.1, 0.15) is 0 Å². The molecule has 0 saturated carbocycles. The van der Waals surface area contributed by atoms with Gasteiger partial charge in [0.05, 0.1) is 6.61 Å². The fourth-order valence-corrected chi connectivity index (χ4v) is 6.18. The number of anilines is 2. The Balaban J connectivity index is 1.39. The van der Waals surface area contributed by atoms with Gasteiger partial charge in [-0.1, -0.05) is 50.0 Å². The molecule has 1 amide bonds. The van der Waals surface area contributed by atoms with Crippen molar-refractivity contribution in [3.05, 3.63) is 45.2 Å². The molecule has 0 spiro atoms. The summed E-state index contributed by atoms with van der Waals surface area (Å²) in [7, 11) is 0. The number of benzene rings is 1. The summed E-state index contributed by atoms with van der Waals surface area (Å²) in [5, 5.41) is 10.8. The molecule has 2 fully saturated rings. The molecule has 1 atom stereocenters. The molecule has 208 valence electrons. The first-order valence-electron chi connectivity index (χ1n) is 13.3. The van der Waals surface area contributed by atoms with Gasteiger partial charge >= 0.3 is 0 Å². The number of nitrogens with zero attached hydrogens (tertiary/aromatic N) is 5. The zero-order valence-electron chi connectivity index (χ0n) is 22.5. The first-order valence-corrected chi connectivity index (χ1v) is 14.0. The van der Waals surface area contributed by atoms with Gasteiger partial charge in [-0.25, -0.2) is 9.97 Å². The molecule has 2 aromatic rings. The maximum atomic E-state index is 11.5. The van der Waals surface area contributed by atoms with Gasteiger partial charge in [-0.3, -0.25) is 14.6 Å². The number of carbonyl (C=O) groups is 1. The molecule has 2 aliphatic rings. The lowest BCUT2D eigenvalue weighted by molar-refractivity contribution is 0.0608. The topological polar surface area (TPSA) is 125 Å². The Bertz CT molecular complexity index is 1150. The van der Waals surface area contributed by atoms with Crippen molar-refractivity contribution in [1.29, 1.82) is 0 Å². The summed E-state index contributed by atoms with van der Waals surface area (Å²) in [6, 6.07) is 6.91. The Kier molecular flexibility index (Phi) is 9.04. The fourth-order valence-electron chi connectivity index (χ4n) is 5.76. The monoisotopic (exact) mass is 563 g/mol. The van der Waals surface area contributed by atoms with E-state index < -0.39 is 5.91 Å².